The number of aliphatic hydroxyl groups is 2. The summed E-state index contributed by atoms with van der Waals surface area (Å²) in [5.74, 6) is -1.63. The highest BCUT2D eigenvalue weighted by Gasteiger charge is 2.48. The van der Waals surface area contributed by atoms with Crippen LogP contribution in [0.2, 0.25) is 0 Å². The number of esters is 1. The fourth-order valence-electron chi connectivity index (χ4n) is 8.60. The van der Waals surface area contributed by atoms with Crippen molar-refractivity contribution in [1.29, 1.82) is 0 Å². The van der Waals surface area contributed by atoms with Gasteiger partial charge in [0, 0.05) is 19.3 Å². The van der Waals surface area contributed by atoms with Crippen LogP contribution in [0.25, 0.3) is 0 Å². The average Bonchev–Trinajstić information content (AvgIpc) is 3.26. The summed E-state index contributed by atoms with van der Waals surface area (Å²) in [4.78, 5) is 40.2. The van der Waals surface area contributed by atoms with E-state index in [1.165, 1.54) is 173 Å². The van der Waals surface area contributed by atoms with Gasteiger partial charge in [-0.15, -0.1) is 0 Å². The Labute approximate surface area is 379 Å². The van der Waals surface area contributed by atoms with Crippen LogP contribution in [-0.4, -0.2) is 46.1 Å². The summed E-state index contributed by atoms with van der Waals surface area (Å²) >= 11 is 0. The summed E-state index contributed by atoms with van der Waals surface area (Å²) in [7, 11) is 0. The average molecular weight is 861 g/mol. The molecule has 0 aromatic rings. The molecule has 0 saturated carbocycles. The van der Waals surface area contributed by atoms with Gasteiger partial charge in [-0.1, -0.05) is 251 Å². The zero-order valence-corrected chi connectivity index (χ0v) is 41.1. The van der Waals surface area contributed by atoms with Crippen LogP contribution in [0, 0.1) is 0 Å². The molecule has 0 fully saturated rings. The second-order valence-electron chi connectivity index (χ2n) is 18.9. The van der Waals surface area contributed by atoms with E-state index in [-0.39, 0.29) is 19.3 Å². The van der Waals surface area contributed by atoms with Gasteiger partial charge in [-0.25, -0.2) is 0 Å². The minimum atomic E-state index is -2.40. The number of allylic oxidation sites excluding steroid dienone is 2. The summed E-state index contributed by atoms with van der Waals surface area (Å²) in [5, 5.41) is 22.0. The van der Waals surface area contributed by atoms with E-state index in [0.29, 0.717) is 19.3 Å². The fourth-order valence-corrected chi connectivity index (χ4v) is 8.60. The molecule has 0 aromatic heterocycles. The predicted molar refractivity (Wildman–Crippen MR) is 261 cm³/mol. The van der Waals surface area contributed by atoms with Gasteiger partial charge in [0.05, 0.1) is 6.61 Å². The monoisotopic (exact) mass is 861 g/mol. The summed E-state index contributed by atoms with van der Waals surface area (Å²) in [6.45, 7) is 5.84. The van der Waals surface area contributed by atoms with Crippen molar-refractivity contribution in [3.05, 3.63) is 12.2 Å². The predicted octanol–water partition coefficient (Wildman–Crippen LogP) is 16.5. The maximum absolute atomic E-state index is 13.6. The van der Waals surface area contributed by atoms with Crippen LogP contribution in [-0.2, 0) is 19.1 Å². The Morgan fingerprint density at radius 2 is 0.689 bits per heavy atom. The number of carbonyl (C=O) groups is 3. The topological polar surface area (TPSA) is 101 Å². The van der Waals surface area contributed by atoms with Gasteiger partial charge in [0.2, 0.25) is 0 Å². The van der Waals surface area contributed by atoms with Crippen molar-refractivity contribution in [3.63, 3.8) is 0 Å². The van der Waals surface area contributed by atoms with Crippen molar-refractivity contribution in [2.75, 3.05) is 6.61 Å². The van der Waals surface area contributed by atoms with Crippen LogP contribution >= 0.6 is 0 Å². The van der Waals surface area contributed by atoms with Gasteiger partial charge in [0.25, 0.3) is 0 Å². The molecule has 0 amide bonds. The molecule has 0 spiro atoms. The molecule has 0 aliphatic carbocycles. The van der Waals surface area contributed by atoms with Crippen LogP contribution in [0.3, 0.4) is 0 Å². The molecule has 0 aromatic carbocycles. The Bertz CT molecular complexity index is 993. The van der Waals surface area contributed by atoms with E-state index in [1.807, 2.05) is 0 Å². The maximum atomic E-state index is 13.6. The van der Waals surface area contributed by atoms with Crippen molar-refractivity contribution >= 4 is 17.5 Å². The van der Waals surface area contributed by atoms with E-state index in [0.717, 1.165) is 70.6 Å². The number of ether oxygens (including phenoxy) is 1. The second-order valence-corrected chi connectivity index (χ2v) is 18.9. The number of hydrogen-bond acceptors (Lipinski definition) is 6. The third-order valence-corrected chi connectivity index (χ3v) is 12.9. The molecule has 2 unspecified atom stereocenters. The third-order valence-electron chi connectivity index (χ3n) is 12.9. The maximum Gasteiger partial charge on any atom is 0.306 e. The molecule has 0 radical (unpaired) electrons. The van der Waals surface area contributed by atoms with Gasteiger partial charge in [-0.3, -0.25) is 14.4 Å². The summed E-state index contributed by atoms with van der Waals surface area (Å²) in [6, 6.07) is 0. The molecule has 0 aliphatic rings. The number of hydrogen-bond donors (Lipinski definition) is 2. The molecule has 2 atom stereocenters. The quantitative estimate of drug-likeness (QED) is 0.0359. The van der Waals surface area contributed by atoms with Gasteiger partial charge < -0.3 is 14.9 Å². The minimum Gasteiger partial charge on any atom is -0.451 e. The first-order valence-electron chi connectivity index (χ1n) is 27.1. The van der Waals surface area contributed by atoms with Crippen LogP contribution < -0.4 is 0 Å². The smallest absolute Gasteiger partial charge is 0.306 e. The van der Waals surface area contributed by atoms with Crippen molar-refractivity contribution < 1.29 is 29.3 Å². The fraction of sp³-hybridized carbons (Fsp3) is 0.909. The highest BCUT2D eigenvalue weighted by atomic mass is 16.6. The summed E-state index contributed by atoms with van der Waals surface area (Å²) in [6.07, 6.45) is 51.9. The molecule has 61 heavy (non-hydrogen) atoms. The lowest BCUT2D eigenvalue weighted by atomic mass is 9.85. The van der Waals surface area contributed by atoms with Crippen LogP contribution in [0.1, 0.15) is 303 Å². The van der Waals surface area contributed by atoms with Gasteiger partial charge in [-0.05, 0) is 44.9 Å². The lowest BCUT2D eigenvalue weighted by Crippen LogP contribution is -2.57. The minimum absolute atomic E-state index is 0.0499. The number of ketones is 2. The zero-order chi connectivity index (χ0) is 44.8. The number of Topliss-reactive ketones (excluding diaryl/α,β-unsaturated/α-hetero) is 2. The van der Waals surface area contributed by atoms with Crippen molar-refractivity contribution in [3.8, 4) is 0 Å². The number of rotatable bonds is 50. The molecular formula is C55H104O6. The van der Waals surface area contributed by atoms with Crippen molar-refractivity contribution in [1.82, 2.24) is 0 Å². The molecule has 0 rings (SSSR count). The van der Waals surface area contributed by atoms with Crippen LogP contribution in [0.5, 0.6) is 0 Å². The van der Waals surface area contributed by atoms with Gasteiger partial charge in [0.1, 0.15) is 0 Å². The van der Waals surface area contributed by atoms with Gasteiger partial charge in [-0.2, -0.15) is 0 Å². The second kappa shape index (κ2) is 46.5. The first-order chi connectivity index (χ1) is 29.9. The Hall–Kier alpha value is -1.53. The lowest BCUT2D eigenvalue weighted by Gasteiger charge is -2.32. The molecule has 6 heteroatoms. The molecular weight excluding hydrogens is 757 g/mol. The number of aliphatic hydroxyl groups excluding tert-OH is 1. The SMILES string of the molecule is CCCCCCCC/C=C\CCCCCCCC(=O)C(O)(CO)C(OC(=O)CCCCCCCCCCCCCCCCC)C(=O)CCCCCCCCCCCCCCC. The zero-order valence-electron chi connectivity index (χ0n) is 41.1. The van der Waals surface area contributed by atoms with Crippen LogP contribution in [0.4, 0.5) is 0 Å². The highest BCUT2D eigenvalue weighted by molar-refractivity contribution is 5.97. The molecule has 0 aliphatic heterocycles. The molecule has 0 heterocycles. The third kappa shape index (κ3) is 37.5. The summed E-state index contributed by atoms with van der Waals surface area (Å²) in [5.41, 5.74) is -2.40. The largest absolute Gasteiger partial charge is 0.451 e. The van der Waals surface area contributed by atoms with Crippen LogP contribution in [0.15, 0.2) is 12.2 Å². The molecule has 0 bridgehead atoms. The van der Waals surface area contributed by atoms with Gasteiger partial charge in [0.15, 0.2) is 23.3 Å². The Morgan fingerprint density at radius 3 is 1.02 bits per heavy atom. The highest BCUT2D eigenvalue weighted by Crippen LogP contribution is 2.24. The Kier molecular flexibility index (Phi) is 45.3. The van der Waals surface area contributed by atoms with E-state index in [2.05, 4.69) is 32.9 Å². The van der Waals surface area contributed by atoms with Gasteiger partial charge >= 0.3 is 5.97 Å². The van der Waals surface area contributed by atoms with E-state index in [4.69, 9.17) is 4.74 Å². The van der Waals surface area contributed by atoms with E-state index < -0.39 is 35.8 Å². The number of carbonyl (C=O) groups excluding carboxylic acids is 3. The molecule has 0 saturated heterocycles. The van der Waals surface area contributed by atoms with Crippen molar-refractivity contribution in [2.24, 2.45) is 0 Å². The lowest BCUT2D eigenvalue weighted by molar-refractivity contribution is -0.182. The van der Waals surface area contributed by atoms with E-state index >= 15 is 0 Å². The first kappa shape index (κ1) is 59.5. The first-order valence-corrected chi connectivity index (χ1v) is 27.1. The van der Waals surface area contributed by atoms with Crippen molar-refractivity contribution in [2.45, 2.75) is 315 Å². The molecule has 6 nitrogen and oxygen atoms in total. The standard InChI is InChI=1S/C55H104O6/c1-4-7-10-13-16-19-22-25-27-30-33-36-39-42-45-48-52(58)55(60,50-56)54(51(57)47-44-41-38-35-32-29-24-21-18-15-12-9-6-3)61-53(59)49-46-43-40-37-34-31-28-26-23-20-17-14-11-8-5-2/h25,27,54,56,60H,4-24,26,28-50H2,1-3H3/b27-25-. The Morgan fingerprint density at radius 1 is 0.410 bits per heavy atom. The molecule has 360 valence electrons. The summed E-state index contributed by atoms with van der Waals surface area (Å²) < 4.78 is 5.68. The van der Waals surface area contributed by atoms with E-state index in [9.17, 15) is 24.6 Å². The number of unbranched alkanes of at least 4 members (excludes halogenated alkanes) is 37. The Balaban J connectivity index is 4.74. The van der Waals surface area contributed by atoms with E-state index in [1.54, 1.807) is 0 Å². The molecule has 2 N–H and O–H groups in total. The normalized spacial score (nSPS) is 13.2.